The van der Waals surface area contributed by atoms with E-state index in [2.05, 4.69) is 21.2 Å². The van der Waals surface area contributed by atoms with Crippen LogP contribution in [0.2, 0.25) is 5.02 Å². The molecule has 2 aromatic carbocycles. The zero-order chi connectivity index (χ0) is 14.0. The van der Waals surface area contributed by atoms with E-state index in [9.17, 15) is 0 Å². The number of rotatable bonds is 3. The van der Waals surface area contributed by atoms with E-state index in [-0.39, 0.29) is 0 Å². The lowest BCUT2D eigenvalue weighted by Crippen LogP contribution is -2.09. The first-order valence-corrected chi connectivity index (χ1v) is 7.18. The quantitative estimate of drug-likeness (QED) is 0.778. The molecule has 0 aliphatic rings. The molecule has 98 valence electrons. The molecule has 2 rings (SSSR count). The first-order valence-electron chi connectivity index (χ1n) is 5.60. The van der Waals surface area contributed by atoms with Crippen molar-refractivity contribution in [2.75, 3.05) is 5.32 Å². The fourth-order valence-electron chi connectivity index (χ4n) is 1.60. The Hall–Kier alpha value is -1.10. The van der Waals surface area contributed by atoms with Crippen molar-refractivity contribution in [2.45, 2.75) is 6.92 Å². The third-order valence-corrected chi connectivity index (χ3v) is 4.00. The fourth-order valence-corrected chi connectivity index (χ4v) is 2.38. The number of thiocarbonyl (C=S) groups is 1. The van der Waals surface area contributed by atoms with Gasteiger partial charge in [-0.15, -0.1) is 0 Å². The third kappa shape index (κ3) is 3.47. The second-order valence-electron chi connectivity index (χ2n) is 4.15. The Bertz CT molecular complexity index is 643. The lowest BCUT2D eigenvalue weighted by atomic mass is 10.2. The van der Waals surface area contributed by atoms with E-state index in [0.29, 0.717) is 4.99 Å². The van der Waals surface area contributed by atoms with Gasteiger partial charge in [-0.25, -0.2) is 0 Å². The summed E-state index contributed by atoms with van der Waals surface area (Å²) in [7, 11) is 0. The minimum absolute atomic E-state index is 0.380. The molecule has 0 aliphatic heterocycles. The molecule has 2 nitrogen and oxygen atoms in total. The number of hydrogen-bond acceptors (Lipinski definition) is 2. The predicted molar refractivity (Wildman–Crippen MR) is 89.5 cm³/mol. The highest BCUT2D eigenvalue weighted by Crippen LogP contribution is 2.28. The van der Waals surface area contributed by atoms with E-state index in [1.165, 1.54) is 0 Å². The summed E-state index contributed by atoms with van der Waals surface area (Å²) in [6.45, 7) is 1.97. The van der Waals surface area contributed by atoms with Crippen LogP contribution in [0.1, 0.15) is 11.1 Å². The number of halogens is 2. The van der Waals surface area contributed by atoms with Crippen LogP contribution < -0.4 is 11.1 Å². The molecule has 0 unspecified atom stereocenters. The highest BCUT2D eigenvalue weighted by molar-refractivity contribution is 9.10. The van der Waals surface area contributed by atoms with Gasteiger partial charge in [-0.05, 0) is 58.7 Å². The minimum Gasteiger partial charge on any atom is -0.389 e. The molecule has 0 spiro atoms. The first kappa shape index (κ1) is 14.3. The number of anilines is 2. The van der Waals surface area contributed by atoms with Gasteiger partial charge >= 0.3 is 0 Å². The fraction of sp³-hybridized carbons (Fsp3) is 0.0714. The standard InChI is InChI=1S/C14H12BrClN2S/c1-8-2-4-10(7-12(8)16)18-13-5-3-9(14(17)19)6-11(13)15/h2-7,18H,1H3,(H2,17,19). The Morgan fingerprint density at radius 3 is 2.58 bits per heavy atom. The molecule has 3 N–H and O–H groups in total. The third-order valence-electron chi connectivity index (χ3n) is 2.70. The second kappa shape index (κ2) is 5.90. The summed E-state index contributed by atoms with van der Waals surface area (Å²) in [5, 5.41) is 4.03. The molecule has 0 amide bonds. The van der Waals surface area contributed by atoms with Crippen LogP contribution in [0, 0.1) is 6.92 Å². The van der Waals surface area contributed by atoms with Gasteiger partial charge in [0.15, 0.2) is 0 Å². The van der Waals surface area contributed by atoms with Crippen LogP contribution in [0.5, 0.6) is 0 Å². The minimum atomic E-state index is 0.380. The normalized spacial score (nSPS) is 10.3. The molecule has 0 atom stereocenters. The monoisotopic (exact) mass is 354 g/mol. The van der Waals surface area contributed by atoms with Crippen LogP contribution in [0.3, 0.4) is 0 Å². The summed E-state index contributed by atoms with van der Waals surface area (Å²) in [5.74, 6) is 0. The Balaban J connectivity index is 2.28. The molecular weight excluding hydrogens is 344 g/mol. The van der Waals surface area contributed by atoms with Crippen molar-refractivity contribution >= 4 is 56.1 Å². The molecule has 0 aromatic heterocycles. The Morgan fingerprint density at radius 1 is 1.26 bits per heavy atom. The highest BCUT2D eigenvalue weighted by atomic mass is 79.9. The maximum Gasteiger partial charge on any atom is 0.104 e. The molecular formula is C14H12BrClN2S. The van der Waals surface area contributed by atoms with E-state index < -0.39 is 0 Å². The first-order chi connectivity index (χ1) is 8.97. The number of benzene rings is 2. The van der Waals surface area contributed by atoms with E-state index in [1.54, 1.807) is 0 Å². The summed E-state index contributed by atoms with van der Waals surface area (Å²) in [5.41, 5.74) is 9.33. The summed E-state index contributed by atoms with van der Waals surface area (Å²) >= 11 is 14.5. The number of nitrogens with one attached hydrogen (secondary N) is 1. The molecule has 19 heavy (non-hydrogen) atoms. The molecule has 0 saturated carbocycles. The molecule has 5 heteroatoms. The molecule has 0 fully saturated rings. The van der Waals surface area contributed by atoms with Gasteiger partial charge in [0.25, 0.3) is 0 Å². The van der Waals surface area contributed by atoms with Gasteiger partial charge in [0.05, 0.1) is 5.69 Å². The van der Waals surface area contributed by atoms with Crippen molar-refractivity contribution in [1.82, 2.24) is 0 Å². The van der Waals surface area contributed by atoms with E-state index >= 15 is 0 Å². The topological polar surface area (TPSA) is 38.0 Å². The summed E-state index contributed by atoms with van der Waals surface area (Å²) in [4.78, 5) is 0.380. The molecule has 0 aliphatic carbocycles. The zero-order valence-corrected chi connectivity index (χ0v) is 13.4. The Labute approximate surface area is 131 Å². The van der Waals surface area contributed by atoms with Crippen LogP contribution in [-0.4, -0.2) is 4.99 Å². The van der Waals surface area contributed by atoms with E-state index in [0.717, 1.165) is 32.0 Å². The van der Waals surface area contributed by atoms with Crippen molar-refractivity contribution in [3.05, 3.63) is 57.0 Å². The lowest BCUT2D eigenvalue weighted by Gasteiger charge is -2.11. The van der Waals surface area contributed by atoms with Gasteiger partial charge in [0, 0.05) is 20.7 Å². The van der Waals surface area contributed by atoms with Crippen LogP contribution in [-0.2, 0) is 0 Å². The maximum absolute atomic E-state index is 6.10. The van der Waals surface area contributed by atoms with E-state index in [1.807, 2.05) is 43.3 Å². The Kier molecular flexibility index (Phi) is 4.45. The second-order valence-corrected chi connectivity index (χ2v) is 5.85. The predicted octanol–water partition coefficient (Wildman–Crippen LogP) is 4.79. The Morgan fingerprint density at radius 2 is 2.00 bits per heavy atom. The van der Waals surface area contributed by atoms with Crippen molar-refractivity contribution in [3.8, 4) is 0 Å². The van der Waals surface area contributed by atoms with Crippen molar-refractivity contribution in [3.63, 3.8) is 0 Å². The zero-order valence-electron chi connectivity index (χ0n) is 10.2. The van der Waals surface area contributed by atoms with Crippen LogP contribution in [0.25, 0.3) is 0 Å². The van der Waals surface area contributed by atoms with Gasteiger partial charge in [-0.2, -0.15) is 0 Å². The maximum atomic E-state index is 6.10. The average Bonchev–Trinajstić information content (AvgIpc) is 2.36. The molecule has 0 heterocycles. The van der Waals surface area contributed by atoms with Crippen molar-refractivity contribution in [1.29, 1.82) is 0 Å². The SMILES string of the molecule is Cc1ccc(Nc2ccc(C(N)=S)cc2Br)cc1Cl. The smallest absolute Gasteiger partial charge is 0.104 e. The molecule has 2 aromatic rings. The van der Waals surface area contributed by atoms with Crippen LogP contribution in [0.4, 0.5) is 11.4 Å². The largest absolute Gasteiger partial charge is 0.389 e. The van der Waals surface area contributed by atoms with Gasteiger partial charge < -0.3 is 11.1 Å². The molecule has 0 saturated heterocycles. The van der Waals surface area contributed by atoms with Crippen molar-refractivity contribution in [2.24, 2.45) is 5.73 Å². The highest BCUT2D eigenvalue weighted by Gasteiger charge is 2.04. The van der Waals surface area contributed by atoms with Crippen LogP contribution >= 0.6 is 39.7 Å². The van der Waals surface area contributed by atoms with Crippen LogP contribution in [0.15, 0.2) is 40.9 Å². The number of aryl methyl sites for hydroxylation is 1. The van der Waals surface area contributed by atoms with Gasteiger partial charge in [0.1, 0.15) is 4.99 Å². The average molecular weight is 356 g/mol. The van der Waals surface area contributed by atoms with Gasteiger partial charge in [0.2, 0.25) is 0 Å². The summed E-state index contributed by atoms with van der Waals surface area (Å²) in [6.07, 6.45) is 0. The number of hydrogen-bond donors (Lipinski definition) is 2. The van der Waals surface area contributed by atoms with Gasteiger partial charge in [-0.1, -0.05) is 29.9 Å². The lowest BCUT2D eigenvalue weighted by molar-refractivity contribution is 1.44. The summed E-state index contributed by atoms with van der Waals surface area (Å²) < 4.78 is 0.898. The number of nitrogens with two attached hydrogens (primary N) is 1. The molecule has 0 bridgehead atoms. The van der Waals surface area contributed by atoms with Crippen molar-refractivity contribution < 1.29 is 0 Å². The van der Waals surface area contributed by atoms with Gasteiger partial charge in [-0.3, -0.25) is 0 Å². The van der Waals surface area contributed by atoms with E-state index in [4.69, 9.17) is 29.6 Å². The molecule has 0 radical (unpaired) electrons. The summed E-state index contributed by atoms with van der Waals surface area (Å²) in [6, 6.07) is 11.5.